The Morgan fingerprint density at radius 3 is 2.67 bits per heavy atom. The third kappa shape index (κ3) is 1.98. The topological polar surface area (TPSA) is 40.5 Å². The normalized spacial score (nSPS) is 13.0. The molecule has 0 aliphatic carbocycles. The molecule has 0 saturated heterocycles. The van der Waals surface area contributed by atoms with Crippen LogP contribution in [-0.4, -0.2) is 16.8 Å². The summed E-state index contributed by atoms with van der Waals surface area (Å²) in [5.74, 6) is 0. The Morgan fingerprint density at radius 1 is 1.50 bits per heavy atom. The predicted octanol–water partition coefficient (Wildman–Crippen LogP) is 2.13. The standard InChI is InChI=1S/C8H8BrClO2/c9-5-2-1-3-6(10)8(5)7(12)4-11/h1-3,7,11-12H,4H2. The summed E-state index contributed by atoms with van der Waals surface area (Å²) in [5, 5.41) is 18.5. The van der Waals surface area contributed by atoms with Crippen LogP contribution >= 0.6 is 27.5 Å². The zero-order chi connectivity index (χ0) is 9.14. The Balaban J connectivity index is 3.12. The molecule has 0 heterocycles. The molecule has 0 aliphatic rings. The Kier molecular flexibility index (Phi) is 3.53. The first-order chi connectivity index (χ1) is 5.66. The fourth-order valence-corrected chi connectivity index (χ4v) is 1.97. The van der Waals surface area contributed by atoms with Crippen molar-refractivity contribution in [3.63, 3.8) is 0 Å². The number of hydrogen-bond donors (Lipinski definition) is 2. The SMILES string of the molecule is OCC(O)c1c(Cl)cccc1Br. The maximum absolute atomic E-state index is 9.33. The molecule has 1 aromatic rings. The highest BCUT2D eigenvalue weighted by molar-refractivity contribution is 9.10. The van der Waals surface area contributed by atoms with Crippen molar-refractivity contribution in [1.29, 1.82) is 0 Å². The minimum absolute atomic E-state index is 0.331. The van der Waals surface area contributed by atoms with Crippen LogP contribution in [0.25, 0.3) is 0 Å². The van der Waals surface area contributed by atoms with Crippen molar-refractivity contribution >= 4 is 27.5 Å². The van der Waals surface area contributed by atoms with Crippen molar-refractivity contribution in [1.82, 2.24) is 0 Å². The van der Waals surface area contributed by atoms with Crippen LogP contribution in [0.15, 0.2) is 22.7 Å². The molecule has 12 heavy (non-hydrogen) atoms. The summed E-state index contributed by atoms with van der Waals surface area (Å²) >= 11 is 9.03. The van der Waals surface area contributed by atoms with Crippen LogP contribution in [0.4, 0.5) is 0 Å². The van der Waals surface area contributed by atoms with Crippen molar-refractivity contribution in [2.45, 2.75) is 6.10 Å². The minimum Gasteiger partial charge on any atom is -0.393 e. The highest BCUT2D eigenvalue weighted by Gasteiger charge is 2.13. The van der Waals surface area contributed by atoms with Gasteiger partial charge >= 0.3 is 0 Å². The maximum Gasteiger partial charge on any atom is 0.105 e. The number of halogens is 2. The van der Waals surface area contributed by atoms with Crippen LogP contribution in [-0.2, 0) is 0 Å². The Morgan fingerprint density at radius 2 is 2.17 bits per heavy atom. The van der Waals surface area contributed by atoms with Crippen molar-refractivity contribution in [3.05, 3.63) is 33.3 Å². The van der Waals surface area contributed by atoms with E-state index < -0.39 is 6.10 Å². The van der Waals surface area contributed by atoms with Crippen LogP contribution < -0.4 is 0 Å². The lowest BCUT2D eigenvalue weighted by molar-refractivity contribution is 0.0951. The molecule has 66 valence electrons. The van der Waals surface area contributed by atoms with E-state index in [1.54, 1.807) is 18.2 Å². The molecule has 1 rings (SSSR count). The highest BCUT2D eigenvalue weighted by Crippen LogP contribution is 2.29. The lowest BCUT2D eigenvalue weighted by atomic mass is 10.1. The van der Waals surface area contributed by atoms with E-state index in [0.717, 1.165) is 0 Å². The lowest BCUT2D eigenvalue weighted by Crippen LogP contribution is -2.03. The summed E-state index contributed by atoms with van der Waals surface area (Å²) in [6, 6.07) is 5.20. The third-order valence-electron chi connectivity index (χ3n) is 1.51. The van der Waals surface area contributed by atoms with Crippen molar-refractivity contribution < 1.29 is 10.2 Å². The van der Waals surface area contributed by atoms with Crippen LogP contribution in [0.1, 0.15) is 11.7 Å². The Labute approximate surface area is 83.9 Å². The fraction of sp³-hybridized carbons (Fsp3) is 0.250. The van der Waals surface area contributed by atoms with E-state index in [-0.39, 0.29) is 6.61 Å². The zero-order valence-electron chi connectivity index (χ0n) is 6.17. The molecule has 0 amide bonds. The second-order valence-corrected chi connectivity index (χ2v) is 3.60. The number of aliphatic hydroxyl groups is 2. The summed E-state index contributed by atoms with van der Waals surface area (Å²) < 4.78 is 0.705. The van der Waals surface area contributed by atoms with Gasteiger partial charge in [-0.2, -0.15) is 0 Å². The summed E-state index contributed by atoms with van der Waals surface area (Å²) in [6.45, 7) is -0.331. The van der Waals surface area contributed by atoms with Crippen molar-refractivity contribution in [2.75, 3.05) is 6.61 Å². The second-order valence-electron chi connectivity index (χ2n) is 2.33. The smallest absolute Gasteiger partial charge is 0.105 e. The first-order valence-corrected chi connectivity index (χ1v) is 4.56. The molecule has 1 aromatic carbocycles. The average Bonchev–Trinajstić information content (AvgIpc) is 2.03. The van der Waals surface area contributed by atoms with Gasteiger partial charge in [0.2, 0.25) is 0 Å². The van der Waals surface area contributed by atoms with Crippen LogP contribution in [0.5, 0.6) is 0 Å². The summed E-state index contributed by atoms with van der Waals surface area (Å²) in [5.41, 5.74) is 0.529. The molecule has 0 saturated carbocycles. The summed E-state index contributed by atoms with van der Waals surface area (Å²) in [4.78, 5) is 0. The molecule has 0 spiro atoms. The van der Waals surface area contributed by atoms with Gasteiger partial charge in [0, 0.05) is 15.1 Å². The zero-order valence-corrected chi connectivity index (χ0v) is 8.51. The van der Waals surface area contributed by atoms with E-state index in [1.165, 1.54) is 0 Å². The molecule has 0 radical (unpaired) electrons. The summed E-state index contributed by atoms with van der Waals surface area (Å²) in [7, 11) is 0. The molecular formula is C8H8BrClO2. The van der Waals surface area contributed by atoms with Gasteiger partial charge in [0.15, 0.2) is 0 Å². The van der Waals surface area contributed by atoms with Gasteiger partial charge in [-0.05, 0) is 12.1 Å². The number of benzene rings is 1. The number of hydrogen-bond acceptors (Lipinski definition) is 2. The predicted molar refractivity (Wildman–Crippen MR) is 51.2 cm³/mol. The van der Waals surface area contributed by atoms with E-state index in [2.05, 4.69) is 15.9 Å². The van der Waals surface area contributed by atoms with E-state index in [9.17, 15) is 5.11 Å². The van der Waals surface area contributed by atoms with Gasteiger partial charge in [0.05, 0.1) is 6.61 Å². The third-order valence-corrected chi connectivity index (χ3v) is 2.53. The fourth-order valence-electron chi connectivity index (χ4n) is 0.920. The molecule has 1 unspecified atom stereocenters. The quantitative estimate of drug-likeness (QED) is 0.845. The second kappa shape index (κ2) is 4.23. The van der Waals surface area contributed by atoms with Gasteiger partial charge in [-0.1, -0.05) is 33.6 Å². The monoisotopic (exact) mass is 250 g/mol. The Hall–Kier alpha value is -0.0900. The van der Waals surface area contributed by atoms with Crippen molar-refractivity contribution in [3.8, 4) is 0 Å². The first kappa shape index (κ1) is 9.99. The van der Waals surface area contributed by atoms with Crippen LogP contribution in [0.3, 0.4) is 0 Å². The van der Waals surface area contributed by atoms with Crippen molar-refractivity contribution in [2.24, 2.45) is 0 Å². The molecule has 1 atom stereocenters. The van der Waals surface area contributed by atoms with Gasteiger partial charge in [-0.15, -0.1) is 0 Å². The van der Waals surface area contributed by atoms with Gasteiger partial charge < -0.3 is 10.2 Å². The van der Waals surface area contributed by atoms with Gasteiger partial charge in [-0.3, -0.25) is 0 Å². The first-order valence-electron chi connectivity index (χ1n) is 3.39. The lowest BCUT2D eigenvalue weighted by Gasteiger charge is -2.11. The molecule has 2 N–H and O–H groups in total. The minimum atomic E-state index is -0.923. The number of rotatable bonds is 2. The van der Waals surface area contributed by atoms with E-state index >= 15 is 0 Å². The molecular weight excluding hydrogens is 243 g/mol. The van der Waals surface area contributed by atoms with E-state index in [1.807, 2.05) is 0 Å². The van der Waals surface area contributed by atoms with Gasteiger partial charge in [0.25, 0.3) is 0 Å². The Bertz CT molecular complexity index is 258. The molecule has 0 bridgehead atoms. The molecule has 0 aliphatic heterocycles. The molecule has 2 nitrogen and oxygen atoms in total. The number of aliphatic hydroxyl groups excluding tert-OH is 2. The largest absolute Gasteiger partial charge is 0.393 e. The van der Waals surface area contributed by atoms with Crippen LogP contribution in [0.2, 0.25) is 5.02 Å². The van der Waals surface area contributed by atoms with Crippen LogP contribution in [0, 0.1) is 0 Å². The highest BCUT2D eigenvalue weighted by atomic mass is 79.9. The molecule has 0 fully saturated rings. The average molecular weight is 252 g/mol. The molecule has 0 aromatic heterocycles. The van der Waals surface area contributed by atoms with Gasteiger partial charge in [0.1, 0.15) is 6.10 Å². The van der Waals surface area contributed by atoms with Gasteiger partial charge in [-0.25, -0.2) is 0 Å². The van der Waals surface area contributed by atoms with E-state index in [0.29, 0.717) is 15.1 Å². The molecule has 4 heteroatoms. The van der Waals surface area contributed by atoms with E-state index in [4.69, 9.17) is 16.7 Å². The summed E-state index contributed by atoms with van der Waals surface area (Å²) in [6.07, 6.45) is -0.923. The maximum atomic E-state index is 9.33.